The first-order chi connectivity index (χ1) is 8.97. The molecule has 0 aromatic heterocycles. The lowest BCUT2D eigenvalue weighted by Gasteiger charge is -2.35. The molecule has 1 aliphatic rings. The van der Waals surface area contributed by atoms with Gasteiger partial charge in [0.2, 0.25) is 0 Å². The summed E-state index contributed by atoms with van der Waals surface area (Å²) in [4.78, 5) is 0. The molecule has 1 saturated heterocycles. The van der Waals surface area contributed by atoms with E-state index in [0.717, 1.165) is 18.8 Å². The zero-order valence-electron chi connectivity index (χ0n) is 12.7. The summed E-state index contributed by atoms with van der Waals surface area (Å²) in [6.45, 7) is 8.89. The van der Waals surface area contributed by atoms with Crippen molar-refractivity contribution < 1.29 is 4.74 Å². The van der Waals surface area contributed by atoms with Gasteiger partial charge in [-0.3, -0.25) is 0 Å². The number of benzene rings is 1. The molecule has 1 aliphatic heterocycles. The van der Waals surface area contributed by atoms with Gasteiger partial charge in [0.25, 0.3) is 0 Å². The Hall–Kier alpha value is -1.06. The Kier molecular flexibility index (Phi) is 4.16. The molecule has 0 aliphatic carbocycles. The second kappa shape index (κ2) is 5.51. The van der Waals surface area contributed by atoms with Crippen molar-refractivity contribution in [3.8, 4) is 5.75 Å². The van der Waals surface area contributed by atoms with Gasteiger partial charge in [0.15, 0.2) is 0 Å². The number of nitrogens with one attached hydrogen (secondary N) is 2. The van der Waals surface area contributed by atoms with Crippen LogP contribution in [0, 0.1) is 5.92 Å². The third kappa shape index (κ3) is 2.93. The minimum atomic E-state index is 0.0948. The number of hydrogen-bond acceptors (Lipinski definition) is 3. The predicted molar refractivity (Wildman–Crippen MR) is 79.9 cm³/mol. The molecule has 1 unspecified atom stereocenters. The van der Waals surface area contributed by atoms with E-state index in [-0.39, 0.29) is 5.41 Å². The van der Waals surface area contributed by atoms with E-state index in [1.807, 2.05) is 7.05 Å². The van der Waals surface area contributed by atoms with E-state index in [9.17, 15) is 0 Å². The third-order valence-corrected chi connectivity index (χ3v) is 3.99. The molecule has 2 N–H and O–H groups in total. The van der Waals surface area contributed by atoms with Gasteiger partial charge in [0.1, 0.15) is 5.75 Å². The van der Waals surface area contributed by atoms with Gasteiger partial charge < -0.3 is 15.4 Å². The van der Waals surface area contributed by atoms with Crippen LogP contribution in [0.25, 0.3) is 0 Å². The van der Waals surface area contributed by atoms with Crippen molar-refractivity contribution in [1.82, 2.24) is 10.6 Å². The number of methoxy groups -OCH3 is 1. The van der Waals surface area contributed by atoms with Gasteiger partial charge in [-0.25, -0.2) is 0 Å². The lowest BCUT2D eigenvalue weighted by atomic mass is 9.82. The number of hydrogen-bond donors (Lipinski definition) is 2. The monoisotopic (exact) mass is 262 g/mol. The van der Waals surface area contributed by atoms with Crippen LogP contribution in [0.15, 0.2) is 18.2 Å². The normalized spacial score (nSPS) is 17.9. The molecule has 3 nitrogen and oxygen atoms in total. The van der Waals surface area contributed by atoms with Crippen LogP contribution in [0.2, 0.25) is 0 Å². The summed E-state index contributed by atoms with van der Waals surface area (Å²) in [6, 6.07) is 7.02. The molecule has 19 heavy (non-hydrogen) atoms. The standard InChI is InChI=1S/C16H26N2O/c1-16(2,3)13-8-11(6-7-14(13)19-5)15(17-4)12-9-18-10-12/h6-8,12,15,17-18H,9-10H2,1-5H3. The van der Waals surface area contributed by atoms with E-state index >= 15 is 0 Å². The average molecular weight is 262 g/mol. The van der Waals surface area contributed by atoms with Gasteiger partial charge in [-0.05, 0) is 35.7 Å². The van der Waals surface area contributed by atoms with Crippen LogP contribution in [0.1, 0.15) is 37.9 Å². The molecular weight excluding hydrogens is 236 g/mol. The summed E-state index contributed by atoms with van der Waals surface area (Å²) in [6.07, 6.45) is 0. The molecule has 1 aromatic carbocycles. The first kappa shape index (κ1) is 14.4. The highest BCUT2D eigenvalue weighted by Crippen LogP contribution is 2.35. The van der Waals surface area contributed by atoms with Gasteiger partial charge in [-0.1, -0.05) is 26.8 Å². The number of rotatable bonds is 4. The molecule has 106 valence electrons. The predicted octanol–water partition coefficient (Wildman–Crippen LogP) is 2.47. The highest BCUT2D eigenvalue weighted by atomic mass is 16.5. The Morgan fingerprint density at radius 3 is 2.42 bits per heavy atom. The van der Waals surface area contributed by atoms with Gasteiger partial charge in [-0.2, -0.15) is 0 Å². The van der Waals surface area contributed by atoms with Crippen LogP contribution >= 0.6 is 0 Å². The third-order valence-electron chi connectivity index (χ3n) is 3.99. The Balaban J connectivity index is 2.36. The SMILES string of the molecule is CNC(c1ccc(OC)c(C(C)(C)C)c1)C1CNC1. The van der Waals surface area contributed by atoms with Gasteiger partial charge in [-0.15, -0.1) is 0 Å². The second-order valence-electron chi connectivity index (χ2n) is 6.39. The van der Waals surface area contributed by atoms with Crippen LogP contribution in [0.5, 0.6) is 5.75 Å². The van der Waals surface area contributed by atoms with E-state index in [1.54, 1.807) is 7.11 Å². The summed E-state index contributed by atoms with van der Waals surface area (Å²) >= 11 is 0. The Morgan fingerprint density at radius 2 is 2.00 bits per heavy atom. The van der Waals surface area contributed by atoms with Crippen LogP contribution in [-0.2, 0) is 5.41 Å². The van der Waals surface area contributed by atoms with Gasteiger partial charge >= 0.3 is 0 Å². The fourth-order valence-corrected chi connectivity index (χ4v) is 2.73. The maximum Gasteiger partial charge on any atom is 0.122 e. The van der Waals surface area contributed by atoms with E-state index in [0.29, 0.717) is 12.0 Å². The van der Waals surface area contributed by atoms with Crippen molar-refractivity contribution in [2.75, 3.05) is 27.2 Å². The molecule has 1 atom stereocenters. The van der Waals surface area contributed by atoms with E-state index < -0.39 is 0 Å². The first-order valence-electron chi connectivity index (χ1n) is 7.03. The van der Waals surface area contributed by atoms with Crippen molar-refractivity contribution in [3.63, 3.8) is 0 Å². The zero-order valence-corrected chi connectivity index (χ0v) is 12.7. The minimum absolute atomic E-state index is 0.0948. The summed E-state index contributed by atoms with van der Waals surface area (Å²) < 4.78 is 5.51. The van der Waals surface area contributed by atoms with Crippen molar-refractivity contribution in [3.05, 3.63) is 29.3 Å². The fourth-order valence-electron chi connectivity index (χ4n) is 2.73. The highest BCUT2D eigenvalue weighted by Gasteiger charge is 2.28. The van der Waals surface area contributed by atoms with Crippen molar-refractivity contribution in [1.29, 1.82) is 0 Å². The first-order valence-corrected chi connectivity index (χ1v) is 7.03. The van der Waals surface area contributed by atoms with E-state index in [1.165, 1.54) is 11.1 Å². The molecule has 0 amide bonds. The van der Waals surface area contributed by atoms with E-state index in [2.05, 4.69) is 49.6 Å². The zero-order chi connectivity index (χ0) is 14.0. The van der Waals surface area contributed by atoms with E-state index in [4.69, 9.17) is 4.74 Å². The molecule has 3 heteroatoms. The summed E-state index contributed by atoms with van der Waals surface area (Å²) in [5.74, 6) is 1.67. The second-order valence-corrected chi connectivity index (χ2v) is 6.39. The van der Waals surface area contributed by atoms with Crippen LogP contribution in [-0.4, -0.2) is 27.2 Å². The molecule has 0 saturated carbocycles. The molecule has 0 spiro atoms. The Labute approximate surface area is 116 Å². The van der Waals surface area contributed by atoms with Crippen LogP contribution < -0.4 is 15.4 Å². The largest absolute Gasteiger partial charge is 0.496 e. The maximum absolute atomic E-state index is 5.51. The minimum Gasteiger partial charge on any atom is -0.496 e. The van der Waals surface area contributed by atoms with Gasteiger partial charge in [0, 0.05) is 25.0 Å². The summed E-state index contributed by atoms with van der Waals surface area (Å²) in [5.41, 5.74) is 2.73. The molecular formula is C16H26N2O. The molecule has 1 heterocycles. The molecule has 2 rings (SSSR count). The highest BCUT2D eigenvalue weighted by molar-refractivity contribution is 5.42. The molecule has 1 fully saturated rings. The topological polar surface area (TPSA) is 33.3 Å². The molecule has 0 bridgehead atoms. The van der Waals surface area contributed by atoms with Crippen molar-refractivity contribution in [2.45, 2.75) is 32.2 Å². The maximum atomic E-state index is 5.51. The lowest BCUT2D eigenvalue weighted by molar-refractivity contribution is 0.267. The summed E-state index contributed by atoms with van der Waals surface area (Å²) in [5, 5.41) is 6.80. The van der Waals surface area contributed by atoms with Crippen molar-refractivity contribution >= 4 is 0 Å². The smallest absolute Gasteiger partial charge is 0.122 e. The van der Waals surface area contributed by atoms with Crippen LogP contribution in [0.3, 0.4) is 0 Å². The fraction of sp³-hybridized carbons (Fsp3) is 0.625. The summed E-state index contributed by atoms with van der Waals surface area (Å²) in [7, 11) is 3.79. The Bertz CT molecular complexity index is 433. The lowest BCUT2D eigenvalue weighted by Crippen LogP contribution is -2.48. The number of ether oxygens (including phenoxy) is 1. The van der Waals surface area contributed by atoms with Gasteiger partial charge in [0.05, 0.1) is 7.11 Å². The van der Waals surface area contributed by atoms with Crippen molar-refractivity contribution in [2.24, 2.45) is 5.92 Å². The molecule has 0 radical (unpaired) electrons. The Morgan fingerprint density at radius 1 is 1.32 bits per heavy atom. The average Bonchev–Trinajstić information content (AvgIpc) is 2.31. The van der Waals surface area contributed by atoms with Crippen LogP contribution in [0.4, 0.5) is 0 Å². The molecule has 1 aromatic rings. The quantitative estimate of drug-likeness (QED) is 0.874.